The van der Waals surface area contributed by atoms with Crippen molar-refractivity contribution in [1.82, 2.24) is 16.2 Å². The topological polar surface area (TPSA) is 79.5 Å². The van der Waals surface area contributed by atoms with E-state index in [0.29, 0.717) is 28.0 Å². The average Bonchev–Trinajstić information content (AvgIpc) is 2.71. The molecule has 2 amide bonds. The Kier molecular flexibility index (Phi) is 9.86. The van der Waals surface area contributed by atoms with Gasteiger partial charge >= 0.3 is 0 Å². The maximum atomic E-state index is 12.2. The summed E-state index contributed by atoms with van der Waals surface area (Å²) in [5, 5.41) is 3.02. The lowest BCUT2D eigenvalue weighted by Crippen LogP contribution is -2.48. The van der Waals surface area contributed by atoms with Gasteiger partial charge in [-0.2, -0.15) is 0 Å². The number of hydrogen-bond acceptors (Lipinski definition) is 4. The molecule has 0 aliphatic carbocycles. The second kappa shape index (κ2) is 12.4. The Bertz CT molecular complexity index is 871. The molecule has 0 bridgehead atoms. The minimum atomic E-state index is -0.508. The molecule has 0 fully saturated rings. The molecule has 6 nitrogen and oxygen atoms in total. The highest BCUT2D eigenvalue weighted by Crippen LogP contribution is 2.19. The predicted octanol–water partition coefficient (Wildman–Crippen LogP) is 4.90. The van der Waals surface area contributed by atoms with Gasteiger partial charge in [0.25, 0.3) is 11.8 Å². The molecule has 0 aliphatic heterocycles. The van der Waals surface area contributed by atoms with Gasteiger partial charge in [-0.1, -0.05) is 49.4 Å². The van der Waals surface area contributed by atoms with Crippen molar-refractivity contribution in [3.8, 4) is 5.75 Å². The van der Waals surface area contributed by atoms with E-state index in [1.807, 2.05) is 0 Å². The molecule has 0 aliphatic rings. The minimum absolute atomic E-state index is 0.0727. The van der Waals surface area contributed by atoms with E-state index in [1.54, 1.807) is 24.3 Å². The second-order valence-electron chi connectivity index (χ2n) is 6.45. The molecule has 0 saturated carbocycles. The zero-order chi connectivity index (χ0) is 21.9. The Labute approximate surface area is 191 Å². The van der Waals surface area contributed by atoms with Gasteiger partial charge < -0.3 is 4.74 Å². The second-order valence-corrected chi connectivity index (χ2v) is 7.74. The lowest BCUT2D eigenvalue weighted by atomic mass is 10.2. The van der Waals surface area contributed by atoms with Crippen LogP contribution in [-0.2, 0) is 0 Å². The lowest BCUT2D eigenvalue weighted by Gasteiger charge is -2.11. The molecule has 2 aromatic rings. The summed E-state index contributed by atoms with van der Waals surface area (Å²) in [7, 11) is 0. The summed E-state index contributed by atoms with van der Waals surface area (Å²) in [4.78, 5) is 24.4. The summed E-state index contributed by atoms with van der Waals surface area (Å²) in [5.41, 5.74) is 5.57. The largest absolute Gasteiger partial charge is 0.494 e. The van der Waals surface area contributed by atoms with E-state index in [2.05, 4.69) is 23.1 Å². The van der Waals surface area contributed by atoms with Crippen molar-refractivity contribution in [2.75, 3.05) is 6.61 Å². The fraction of sp³-hybridized carbons (Fsp3) is 0.286. The van der Waals surface area contributed by atoms with Crippen LogP contribution >= 0.6 is 35.4 Å². The van der Waals surface area contributed by atoms with Crippen LogP contribution < -0.4 is 20.9 Å². The number of thiocarbonyl (C=S) groups is 1. The molecule has 0 unspecified atom stereocenters. The van der Waals surface area contributed by atoms with Crippen LogP contribution in [0.2, 0.25) is 10.0 Å². The molecule has 9 heteroatoms. The van der Waals surface area contributed by atoms with Crippen LogP contribution in [0.5, 0.6) is 5.75 Å². The number of amides is 2. The van der Waals surface area contributed by atoms with Gasteiger partial charge in [-0.3, -0.25) is 25.8 Å². The maximum Gasteiger partial charge on any atom is 0.269 e. The number of hydrazine groups is 1. The van der Waals surface area contributed by atoms with E-state index in [4.69, 9.17) is 40.2 Å². The van der Waals surface area contributed by atoms with E-state index < -0.39 is 11.8 Å². The smallest absolute Gasteiger partial charge is 0.269 e. The third-order valence-corrected chi connectivity index (χ3v) is 4.67. The van der Waals surface area contributed by atoms with E-state index in [-0.39, 0.29) is 10.7 Å². The monoisotopic (exact) mass is 467 g/mol. The van der Waals surface area contributed by atoms with Crippen molar-refractivity contribution in [3.63, 3.8) is 0 Å². The van der Waals surface area contributed by atoms with Crippen LogP contribution in [0.4, 0.5) is 0 Å². The number of rotatable bonds is 8. The Morgan fingerprint density at radius 1 is 0.900 bits per heavy atom. The number of carbonyl (C=O) groups excluding carboxylic acids is 2. The Morgan fingerprint density at radius 2 is 1.57 bits per heavy atom. The van der Waals surface area contributed by atoms with E-state index in [1.165, 1.54) is 31.0 Å². The molecule has 30 heavy (non-hydrogen) atoms. The van der Waals surface area contributed by atoms with E-state index in [9.17, 15) is 9.59 Å². The summed E-state index contributed by atoms with van der Waals surface area (Å²) in [6.07, 6.45) is 4.53. The quantitative estimate of drug-likeness (QED) is 0.292. The number of benzene rings is 2. The van der Waals surface area contributed by atoms with Crippen molar-refractivity contribution >= 4 is 52.3 Å². The highest BCUT2D eigenvalue weighted by molar-refractivity contribution is 7.80. The standard InChI is InChI=1S/C21H23Cl2N3O3S/c1-2-3-4-5-10-29-18-8-6-14(7-9-18)20(28)25-26-21(30)24-19(27)15-11-16(22)13-17(23)12-15/h6-9,11-13H,2-5,10H2,1H3,(H,25,28)(H2,24,26,27,30). The number of hydrogen-bond donors (Lipinski definition) is 3. The number of carbonyl (C=O) groups is 2. The third kappa shape index (κ3) is 8.18. The van der Waals surface area contributed by atoms with E-state index >= 15 is 0 Å². The van der Waals surface area contributed by atoms with Gasteiger partial charge in [-0.25, -0.2) is 0 Å². The summed E-state index contributed by atoms with van der Waals surface area (Å²) in [5.74, 6) is -0.211. The normalized spacial score (nSPS) is 10.2. The van der Waals surface area contributed by atoms with Gasteiger partial charge in [0, 0.05) is 21.2 Å². The molecule has 0 radical (unpaired) electrons. The highest BCUT2D eigenvalue weighted by atomic mass is 35.5. The summed E-state index contributed by atoms with van der Waals surface area (Å²) in [6, 6.07) is 11.2. The Balaban J connectivity index is 1.77. The van der Waals surface area contributed by atoms with Crippen molar-refractivity contribution in [2.45, 2.75) is 32.6 Å². The maximum absolute atomic E-state index is 12.2. The first-order chi connectivity index (χ1) is 14.4. The molecule has 0 aromatic heterocycles. The van der Waals surface area contributed by atoms with Crippen LogP contribution in [0.3, 0.4) is 0 Å². The van der Waals surface area contributed by atoms with Gasteiger partial charge in [-0.05, 0) is 61.1 Å². The molecule has 160 valence electrons. The van der Waals surface area contributed by atoms with Crippen molar-refractivity contribution < 1.29 is 14.3 Å². The van der Waals surface area contributed by atoms with Crippen molar-refractivity contribution in [2.24, 2.45) is 0 Å². The number of nitrogens with one attached hydrogen (secondary N) is 3. The zero-order valence-electron chi connectivity index (χ0n) is 16.5. The Hall–Kier alpha value is -2.35. The first-order valence-corrected chi connectivity index (χ1v) is 10.7. The molecule has 3 N–H and O–H groups in total. The molecule has 2 rings (SSSR count). The number of halogens is 2. The average molecular weight is 468 g/mol. The molecule has 0 heterocycles. The summed E-state index contributed by atoms with van der Waals surface area (Å²) >= 11 is 16.8. The Morgan fingerprint density at radius 3 is 2.20 bits per heavy atom. The molecule has 0 saturated heterocycles. The van der Waals surface area contributed by atoms with Crippen molar-refractivity contribution in [1.29, 1.82) is 0 Å². The first kappa shape index (κ1) is 23.9. The molecule has 0 atom stereocenters. The fourth-order valence-corrected chi connectivity index (χ4v) is 3.17. The van der Waals surface area contributed by atoms with E-state index in [0.717, 1.165) is 12.8 Å². The van der Waals surface area contributed by atoms with Gasteiger partial charge in [0.2, 0.25) is 0 Å². The molecular weight excluding hydrogens is 445 g/mol. The van der Waals surface area contributed by atoms with Crippen LogP contribution in [0.1, 0.15) is 53.3 Å². The predicted molar refractivity (Wildman–Crippen MR) is 123 cm³/mol. The first-order valence-electron chi connectivity index (χ1n) is 9.49. The molecule has 0 spiro atoms. The summed E-state index contributed by atoms with van der Waals surface area (Å²) < 4.78 is 5.65. The van der Waals surface area contributed by atoms with Gasteiger partial charge in [-0.15, -0.1) is 0 Å². The highest BCUT2D eigenvalue weighted by Gasteiger charge is 2.11. The van der Waals surface area contributed by atoms with Crippen LogP contribution in [0.25, 0.3) is 0 Å². The van der Waals surface area contributed by atoms with Crippen LogP contribution in [-0.4, -0.2) is 23.5 Å². The molecular formula is C21H23Cl2N3O3S. The summed E-state index contributed by atoms with van der Waals surface area (Å²) in [6.45, 7) is 2.81. The van der Waals surface area contributed by atoms with Gasteiger partial charge in [0.1, 0.15) is 5.75 Å². The molecule has 2 aromatic carbocycles. The third-order valence-electron chi connectivity index (χ3n) is 4.02. The van der Waals surface area contributed by atoms with Crippen LogP contribution in [0.15, 0.2) is 42.5 Å². The number of ether oxygens (including phenoxy) is 1. The fourth-order valence-electron chi connectivity index (χ4n) is 2.50. The van der Waals surface area contributed by atoms with Gasteiger partial charge in [0.15, 0.2) is 5.11 Å². The van der Waals surface area contributed by atoms with Gasteiger partial charge in [0.05, 0.1) is 6.61 Å². The number of unbranched alkanes of at least 4 members (excludes halogenated alkanes) is 3. The SMILES string of the molecule is CCCCCCOc1ccc(C(=O)NNC(=S)NC(=O)c2cc(Cl)cc(Cl)c2)cc1. The minimum Gasteiger partial charge on any atom is -0.494 e. The van der Waals surface area contributed by atoms with Crippen molar-refractivity contribution in [3.05, 3.63) is 63.6 Å². The lowest BCUT2D eigenvalue weighted by molar-refractivity contribution is 0.0934. The zero-order valence-corrected chi connectivity index (χ0v) is 18.8. The van der Waals surface area contributed by atoms with Crippen LogP contribution in [0, 0.1) is 0 Å².